The Morgan fingerprint density at radius 3 is 2.95 bits per heavy atom. The zero-order valence-electron chi connectivity index (χ0n) is 10.6. The number of nitrogen functional groups attached to an aromatic ring is 1. The smallest absolute Gasteiger partial charge is 0.180 e. The summed E-state index contributed by atoms with van der Waals surface area (Å²) in [5, 5.41) is 9.77. The molecule has 0 saturated carbocycles. The van der Waals surface area contributed by atoms with E-state index in [9.17, 15) is 0 Å². The van der Waals surface area contributed by atoms with Crippen LogP contribution < -0.4 is 5.73 Å². The molecule has 3 nitrogen and oxygen atoms in total. The second kappa shape index (κ2) is 6.18. The van der Waals surface area contributed by atoms with Gasteiger partial charge in [0.2, 0.25) is 0 Å². The number of nitrogens with two attached hydrogens (primary N) is 1. The van der Waals surface area contributed by atoms with E-state index in [-0.39, 0.29) is 0 Å². The summed E-state index contributed by atoms with van der Waals surface area (Å²) in [6.45, 7) is 2.12. The molecule has 0 unspecified atom stereocenters. The Kier molecular flexibility index (Phi) is 4.56. The van der Waals surface area contributed by atoms with E-state index in [1.165, 1.54) is 11.3 Å². The lowest BCUT2D eigenvalue weighted by Gasteiger charge is -2.05. The standard InChI is InChI=1S/C14H14BrN3S/c1-2-3-12-13(19-14(17)18-12)7-10-6-11(15)5-4-9(10)8-16/h4-6H,2-3,7H2,1H3,(H2,17,18). The summed E-state index contributed by atoms with van der Waals surface area (Å²) in [7, 11) is 0. The highest BCUT2D eigenvalue weighted by Gasteiger charge is 2.12. The Bertz CT molecular complexity index is 628. The highest BCUT2D eigenvalue weighted by atomic mass is 79.9. The van der Waals surface area contributed by atoms with Crippen LogP contribution in [0.2, 0.25) is 0 Å². The van der Waals surface area contributed by atoms with Gasteiger partial charge in [-0.15, -0.1) is 11.3 Å². The van der Waals surface area contributed by atoms with Gasteiger partial charge < -0.3 is 5.73 Å². The third kappa shape index (κ3) is 3.34. The Morgan fingerprint density at radius 2 is 2.26 bits per heavy atom. The lowest BCUT2D eigenvalue weighted by Crippen LogP contribution is -1.95. The topological polar surface area (TPSA) is 62.7 Å². The fraction of sp³-hybridized carbons (Fsp3) is 0.286. The van der Waals surface area contributed by atoms with Crippen molar-refractivity contribution in [1.29, 1.82) is 5.26 Å². The summed E-state index contributed by atoms with van der Waals surface area (Å²) >= 11 is 4.96. The number of benzene rings is 1. The van der Waals surface area contributed by atoms with Crippen molar-refractivity contribution in [1.82, 2.24) is 4.98 Å². The number of aromatic nitrogens is 1. The number of anilines is 1. The average Bonchev–Trinajstić information content (AvgIpc) is 2.70. The molecule has 0 fully saturated rings. The molecular weight excluding hydrogens is 322 g/mol. The zero-order valence-corrected chi connectivity index (χ0v) is 13.0. The summed E-state index contributed by atoms with van der Waals surface area (Å²) < 4.78 is 0.982. The third-order valence-electron chi connectivity index (χ3n) is 2.82. The molecule has 1 aromatic heterocycles. The van der Waals surface area contributed by atoms with Crippen molar-refractivity contribution < 1.29 is 0 Å². The van der Waals surface area contributed by atoms with Gasteiger partial charge in [0.1, 0.15) is 0 Å². The van der Waals surface area contributed by atoms with Crippen LogP contribution >= 0.6 is 27.3 Å². The predicted octanol–water partition coefficient (Wildman–Crippen LogP) is 3.90. The van der Waals surface area contributed by atoms with Gasteiger partial charge in [-0.1, -0.05) is 29.3 Å². The molecule has 5 heteroatoms. The SMILES string of the molecule is CCCc1nc(N)sc1Cc1cc(Br)ccc1C#N. The summed E-state index contributed by atoms with van der Waals surface area (Å²) in [5.74, 6) is 0. The molecular formula is C14H14BrN3S. The number of aryl methyl sites for hydroxylation is 1. The van der Waals surface area contributed by atoms with Crippen LogP contribution in [0.1, 0.15) is 35.0 Å². The fourth-order valence-electron chi connectivity index (χ4n) is 1.96. The Morgan fingerprint density at radius 1 is 1.47 bits per heavy atom. The minimum atomic E-state index is 0.604. The molecule has 2 aromatic rings. The van der Waals surface area contributed by atoms with Gasteiger partial charge in [-0.3, -0.25) is 0 Å². The highest BCUT2D eigenvalue weighted by Crippen LogP contribution is 2.27. The quantitative estimate of drug-likeness (QED) is 0.921. The molecule has 0 saturated heterocycles. The normalized spacial score (nSPS) is 10.4. The summed E-state index contributed by atoms with van der Waals surface area (Å²) in [6.07, 6.45) is 2.69. The van der Waals surface area contributed by atoms with Gasteiger partial charge in [-0.25, -0.2) is 4.98 Å². The third-order valence-corrected chi connectivity index (χ3v) is 4.24. The van der Waals surface area contributed by atoms with Crippen molar-refractivity contribution in [2.24, 2.45) is 0 Å². The Hall–Kier alpha value is -1.38. The molecule has 0 aliphatic carbocycles. The zero-order chi connectivity index (χ0) is 13.8. The van der Waals surface area contributed by atoms with Crippen LogP contribution in [-0.4, -0.2) is 4.98 Å². The molecule has 19 heavy (non-hydrogen) atoms. The van der Waals surface area contributed by atoms with E-state index in [2.05, 4.69) is 33.9 Å². The first-order chi connectivity index (χ1) is 9.13. The van der Waals surface area contributed by atoms with Crippen molar-refractivity contribution in [3.05, 3.63) is 44.4 Å². The molecule has 98 valence electrons. The first-order valence-electron chi connectivity index (χ1n) is 6.06. The molecule has 0 spiro atoms. The number of hydrogen-bond acceptors (Lipinski definition) is 4. The molecule has 2 N–H and O–H groups in total. The number of nitriles is 1. The first-order valence-corrected chi connectivity index (χ1v) is 7.67. The Labute approximate surface area is 125 Å². The van der Waals surface area contributed by atoms with Crippen LogP contribution in [0.25, 0.3) is 0 Å². The number of hydrogen-bond donors (Lipinski definition) is 1. The second-order valence-electron chi connectivity index (χ2n) is 4.26. The molecule has 2 rings (SSSR count). The van der Waals surface area contributed by atoms with Gasteiger partial charge in [-0.2, -0.15) is 5.26 Å². The first kappa shape index (κ1) is 14.0. The molecule has 0 bridgehead atoms. The highest BCUT2D eigenvalue weighted by molar-refractivity contribution is 9.10. The summed E-state index contributed by atoms with van der Waals surface area (Å²) in [5.41, 5.74) is 8.58. The van der Waals surface area contributed by atoms with Crippen molar-refractivity contribution in [2.75, 3.05) is 5.73 Å². The number of halogens is 1. The van der Waals surface area contributed by atoms with E-state index < -0.39 is 0 Å². The average molecular weight is 336 g/mol. The number of nitrogens with zero attached hydrogens (tertiary/aromatic N) is 2. The van der Waals surface area contributed by atoms with Gasteiger partial charge >= 0.3 is 0 Å². The van der Waals surface area contributed by atoms with Crippen LogP contribution in [-0.2, 0) is 12.8 Å². The van der Waals surface area contributed by atoms with Gasteiger partial charge in [0, 0.05) is 15.8 Å². The second-order valence-corrected chi connectivity index (χ2v) is 6.29. The fourth-order valence-corrected chi connectivity index (χ4v) is 3.27. The van der Waals surface area contributed by atoms with Gasteiger partial charge in [0.05, 0.1) is 17.3 Å². The molecule has 0 radical (unpaired) electrons. The largest absolute Gasteiger partial charge is 0.375 e. The predicted molar refractivity (Wildman–Crippen MR) is 82.2 cm³/mol. The molecule has 1 heterocycles. The van der Waals surface area contributed by atoms with E-state index in [1.807, 2.05) is 18.2 Å². The maximum atomic E-state index is 9.16. The van der Waals surface area contributed by atoms with E-state index in [1.54, 1.807) is 0 Å². The number of rotatable bonds is 4. The summed E-state index contributed by atoms with van der Waals surface area (Å²) in [4.78, 5) is 5.54. The lowest BCUT2D eigenvalue weighted by molar-refractivity contribution is 0.879. The maximum Gasteiger partial charge on any atom is 0.180 e. The molecule has 0 aliphatic rings. The molecule has 0 atom stereocenters. The van der Waals surface area contributed by atoms with Crippen molar-refractivity contribution in [3.8, 4) is 6.07 Å². The van der Waals surface area contributed by atoms with Gasteiger partial charge in [-0.05, 0) is 30.2 Å². The van der Waals surface area contributed by atoms with Crippen LogP contribution in [0, 0.1) is 11.3 Å². The van der Waals surface area contributed by atoms with E-state index in [0.29, 0.717) is 17.1 Å². The minimum Gasteiger partial charge on any atom is -0.375 e. The van der Waals surface area contributed by atoms with Crippen LogP contribution in [0.5, 0.6) is 0 Å². The summed E-state index contributed by atoms with van der Waals surface area (Å²) in [6, 6.07) is 7.95. The van der Waals surface area contributed by atoms with Crippen molar-refractivity contribution in [2.45, 2.75) is 26.2 Å². The number of thiazole rings is 1. The van der Waals surface area contributed by atoms with E-state index >= 15 is 0 Å². The van der Waals surface area contributed by atoms with Crippen LogP contribution in [0.4, 0.5) is 5.13 Å². The molecule has 1 aromatic carbocycles. The molecule has 0 aliphatic heterocycles. The van der Waals surface area contributed by atoms with Crippen LogP contribution in [0.3, 0.4) is 0 Å². The van der Waals surface area contributed by atoms with Crippen LogP contribution in [0.15, 0.2) is 22.7 Å². The van der Waals surface area contributed by atoms with Gasteiger partial charge in [0.15, 0.2) is 5.13 Å². The maximum absolute atomic E-state index is 9.16. The molecule has 0 amide bonds. The lowest BCUT2D eigenvalue weighted by atomic mass is 10.0. The monoisotopic (exact) mass is 335 g/mol. The van der Waals surface area contributed by atoms with E-state index in [4.69, 9.17) is 11.0 Å². The van der Waals surface area contributed by atoms with Crippen molar-refractivity contribution in [3.63, 3.8) is 0 Å². The minimum absolute atomic E-state index is 0.604. The Balaban J connectivity index is 2.36. The van der Waals surface area contributed by atoms with Gasteiger partial charge in [0.25, 0.3) is 0 Å². The van der Waals surface area contributed by atoms with Crippen molar-refractivity contribution >= 4 is 32.4 Å². The van der Waals surface area contributed by atoms with E-state index in [0.717, 1.165) is 33.4 Å².